The highest BCUT2D eigenvalue weighted by Crippen LogP contribution is 2.32. The largest absolute Gasteiger partial charge is 0.461 e. The van der Waals surface area contributed by atoms with E-state index < -0.39 is 23.5 Å². The lowest BCUT2D eigenvalue weighted by Crippen LogP contribution is -2.15. The van der Waals surface area contributed by atoms with E-state index in [1.807, 2.05) is 0 Å². The zero-order valence-corrected chi connectivity index (χ0v) is 10.4. The molecule has 0 aliphatic heterocycles. The number of aromatic nitrogens is 3. The highest BCUT2D eigenvalue weighted by molar-refractivity contribution is 5.89. The van der Waals surface area contributed by atoms with Crippen LogP contribution in [0, 0.1) is 0 Å². The Hall–Kier alpha value is -2.38. The van der Waals surface area contributed by atoms with E-state index in [4.69, 9.17) is 0 Å². The standard InChI is InChI=1S/C12H10F3N3O2/c1-2-20-11(19)8-9(12(13,14)15)18-10(17-8)7-5-3-4-6-16-7/h3-6H,2H2,1H3,(H,17,18). The Morgan fingerprint density at radius 3 is 2.70 bits per heavy atom. The number of aromatic amines is 1. The Kier molecular flexibility index (Phi) is 3.73. The first-order chi connectivity index (χ1) is 9.43. The van der Waals surface area contributed by atoms with Crippen LogP contribution in [0.3, 0.4) is 0 Å². The quantitative estimate of drug-likeness (QED) is 0.880. The number of esters is 1. The van der Waals surface area contributed by atoms with Crippen molar-refractivity contribution in [2.24, 2.45) is 0 Å². The van der Waals surface area contributed by atoms with Crippen LogP contribution in [-0.4, -0.2) is 27.5 Å². The zero-order chi connectivity index (χ0) is 14.8. The van der Waals surface area contributed by atoms with Crippen LogP contribution < -0.4 is 0 Å². The minimum absolute atomic E-state index is 0.0398. The fourth-order valence-corrected chi connectivity index (χ4v) is 1.55. The Morgan fingerprint density at radius 1 is 1.40 bits per heavy atom. The number of pyridine rings is 1. The van der Waals surface area contributed by atoms with Crippen molar-refractivity contribution in [2.75, 3.05) is 6.61 Å². The molecule has 0 atom stereocenters. The van der Waals surface area contributed by atoms with Gasteiger partial charge in [-0.1, -0.05) is 6.07 Å². The molecule has 0 spiro atoms. The third kappa shape index (κ3) is 2.79. The van der Waals surface area contributed by atoms with E-state index in [1.165, 1.54) is 19.2 Å². The SMILES string of the molecule is CCOC(=O)c1nc(-c2ccccn2)[nH]c1C(F)(F)F. The molecule has 8 heteroatoms. The van der Waals surface area contributed by atoms with Crippen molar-refractivity contribution in [3.8, 4) is 11.5 Å². The predicted octanol–water partition coefficient (Wildman–Crippen LogP) is 2.67. The van der Waals surface area contributed by atoms with Crippen LogP contribution in [0.4, 0.5) is 13.2 Å². The fourth-order valence-electron chi connectivity index (χ4n) is 1.55. The molecule has 0 aromatic carbocycles. The number of halogens is 3. The van der Waals surface area contributed by atoms with Crippen molar-refractivity contribution in [3.05, 3.63) is 35.8 Å². The summed E-state index contributed by atoms with van der Waals surface area (Å²) < 4.78 is 43.2. The number of nitrogens with zero attached hydrogens (tertiary/aromatic N) is 2. The van der Waals surface area contributed by atoms with Crippen LogP contribution in [0.15, 0.2) is 24.4 Å². The van der Waals surface area contributed by atoms with Crippen molar-refractivity contribution < 1.29 is 22.7 Å². The summed E-state index contributed by atoms with van der Waals surface area (Å²) in [5.74, 6) is -1.26. The smallest absolute Gasteiger partial charge is 0.433 e. The van der Waals surface area contributed by atoms with Crippen LogP contribution in [0.5, 0.6) is 0 Å². The normalized spacial score (nSPS) is 11.4. The first kappa shape index (κ1) is 14.0. The number of hydrogen-bond donors (Lipinski definition) is 1. The minimum atomic E-state index is -4.73. The molecule has 0 saturated carbocycles. The summed E-state index contributed by atoms with van der Waals surface area (Å²) in [7, 11) is 0. The minimum Gasteiger partial charge on any atom is -0.461 e. The zero-order valence-electron chi connectivity index (χ0n) is 10.4. The molecule has 2 aromatic heterocycles. The lowest BCUT2D eigenvalue weighted by atomic mass is 10.3. The molecule has 106 valence electrons. The van der Waals surface area contributed by atoms with E-state index >= 15 is 0 Å². The van der Waals surface area contributed by atoms with E-state index in [0.717, 1.165) is 0 Å². The summed E-state index contributed by atoms with van der Waals surface area (Å²) in [6.07, 6.45) is -3.32. The molecule has 20 heavy (non-hydrogen) atoms. The monoisotopic (exact) mass is 285 g/mol. The van der Waals surface area contributed by atoms with E-state index in [1.54, 1.807) is 12.1 Å². The molecule has 0 aliphatic rings. The Bertz CT molecular complexity index is 608. The average Bonchev–Trinajstić information content (AvgIpc) is 2.85. The molecular formula is C12H10F3N3O2. The summed E-state index contributed by atoms with van der Waals surface area (Å²) in [6.45, 7) is 1.46. The van der Waals surface area contributed by atoms with Crippen LogP contribution in [0.1, 0.15) is 23.1 Å². The molecule has 0 aliphatic carbocycles. The van der Waals surface area contributed by atoms with Gasteiger partial charge in [-0.2, -0.15) is 13.2 Å². The van der Waals surface area contributed by atoms with E-state index in [0.29, 0.717) is 0 Å². The van der Waals surface area contributed by atoms with Gasteiger partial charge in [0.1, 0.15) is 5.69 Å². The average molecular weight is 285 g/mol. The van der Waals surface area contributed by atoms with Crippen LogP contribution in [0.2, 0.25) is 0 Å². The second kappa shape index (κ2) is 5.32. The summed E-state index contributed by atoms with van der Waals surface area (Å²) in [6, 6.07) is 4.69. The number of hydrogen-bond acceptors (Lipinski definition) is 4. The molecule has 2 aromatic rings. The van der Waals surface area contributed by atoms with Crippen LogP contribution in [-0.2, 0) is 10.9 Å². The molecule has 0 bridgehead atoms. The van der Waals surface area contributed by atoms with Gasteiger partial charge in [0.05, 0.1) is 6.61 Å². The maximum absolute atomic E-state index is 12.9. The number of imidazole rings is 1. The van der Waals surface area contributed by atoms with Crippen LogP contribution in [0.25, 0.3) is 11.5 Å². The number of rotatable bonds is 3. The van der Waals surface area contributed by atoms with Gasteiger partial charge >= 0.3 is 12.1 Å². The molecule has 0 unspecified atom stereocenters. The highest BCUT2D eigenvalue weighted by atomic mass is 19.4. The number of carbonyl (C=O) groups excluding carboxylic acids is 1. The molecule has 0 amide bonds. The number of ether oxygens (including phenoxy) is 1. The van der Waals surface area contributed by atoms with Gasteiger partial charge in [0, 0.05) is 6.20 Å². The topological polar surface area (TPSA) is 67.9 Å². The third-order valence-electron chi connectivity index (χ3n) is 2.36. The van der Waals surface area contributed by atoms with Crippen molar-refractivity contribution in [1.29, 1.82) is 0 Å². The van der Waals surface area contributed by atoms with Gasteiger partial charge < -0.3 is 9.72 Å². The maximum Gasteiger partial charge on any atom is 0.433 e. The summed E-state index contributed by atoms with van der Waals surface area (Å²) >= 11 is 0. The van der Waals surface area contributed by atoms with E-state index in [-0.39, 0.29) is 18.1 Å². The van der Waals surface area contributed by atoms with Gasteiger partial charge in [-0.15, -0.1) is 0 Å². The van der Waals surface area contributed by atoms with Gasteiger partial charge in [0.15, 0.2) is 17.2 Å². The Labute approximate surface area is 111 Å². The molecule has 2 rings (SSSR count). The summed E-state index contributed by atoms with van der Waals surface area (Å²) in [4.78, 5) is 21.1. The molecule has 0 fully saturated rings. The van der Waals surface area contributed by atoms with Crippen molar-refractivity contribution in [3.63, 3.8) is 0 Å². The van der Waals surface area contributed by atoms with Gasteiger partial charge in [-0.05, 0) is 19.1 Å². The predicted molar refractivity (Wildman–Crippen MR) is 62.8 cm³/mol. The van der Waals surface area contributed by atoms with E-state index in [9.17, 15) is 18.0 Å². The van der Waals surface area contributed by atoms with Crippen molar-refractivity contribution in [1.82, 2.24) is 15.0 Å². The van der Waals surface area contributed by atoms with Crippen molar-refractivity contribution in [2.45, 2.75) is 13.1 Å². The summed E-state index contributed by atoms with van der Waals surface area (Å²) in [5.41, 5.74) is -1.83. The first-order valence-corrected chi connectivity index (χ1v) is 5.69. The van der Waals surface area contributed by atoms with Crippen molar-refractivity contribution >= 4 is 5.97 Å². The first-order valence-electron chi connectivity index (χ1n) is 5.69. The highest BCUT2D eigenvalue weighted by Gasteiger charge is 2.39. The molecule has 5 nitrogen and oxygen atoms in total. The van der Waals surface area contributed by atoms with E-state index in [2.05, 4.69) is 19.7 Å². The lowest BCUT2D eigenvalue weighted by Gasteiger charge is -2.05. The number of alkyl halides is 3. The molecule has 0 radical (unpaired) electrons. The molecule has 2 heterocycles. The van der Waals surface area contributed by atoms with Gasteiger partial charge in [-0.3, -0.25) is 4.98 Å². The number of carbonyl (C=O) groups is 1. The second-order valence-corrected chi connectivity index (χ2v) is 3.74. The van der Waals surface area contributed by atoms with Gasteiger partial charge in [0.2, 0.25) is 0 Å². The number of nitrogens with one attached hydrogen (secondary N) is 1. The lowest BCUT2D eigenvalue weighted by molar-refractivity contribution is -0.141. The second-order valence-electron chi connectivity index (χ2n) is 3.74. The molecule has 1 N–H and O–H groups in total. The fraction of sp³-hybridized carbons (Fsp3) is 0.250. The van der Waals surface area contributed by atoms with Gasteiger partial charge in [0.25, 0.3) is 0 Å². The Morgan fingerprint density at radius 2 is 2.15 bits per heavy atom. The summed E-state index contributed by atoms with van der Waals surface area (Å²) in [5, 5.41) is 0. The molecular weight excluding hydrogens is 275 g/mol. The Balaban J connectivity index is 2.50. The molecule has 0 saturated heterocycles. The van der Waals surface area contributed by atoms with Gasteiger partial charge in [-0.25, -0.2) is 9.78 Å². The van der Waals surface area contributed by atoms with Crippen LogP contribution >= 0.6 is 0 Å². The third-order valence-corrected chi connectivity index (χ3v) is 2.36. The maximum atomic E-state index is 12.9. The number of H-pyrrole nitrogens is 1.